The van der Waals surface area contributed by atoms with Gasteiger partial charge in [0.05, 0.1) is 25.0 Å². The predicted octanol–water partition coefficient (Wildman–Crippen LogP) is 3.80. The third kappa shape index (κ3) is 7.97. The van der Waals surface area contributed by atoms with Gasteiger partial charge in [0, 0.05) is 57.6 Å². The number of nitrogens with zero attached hydrogens (tertiary/aromatic N) is 4. The van der Waals surface area contributed by atoms with Gasteiger partial charge >= 0.3 is 6.03 Å². The summed E-state index contributed by atoms with van der Waals surface area (Å²) in [4.78, 5) is 64.1. The van der Waals surface area contributed by atoms with Gasteiger partial charge in [-0.15, -0.1) is 0 Å². The standard InChI is InChI=1S/C38H47N7O5/c1-3-38(12-15-43(16-13-38)37(49)44-17-19-50-20-18-44)36(48)45(25-30-8-5-4-7-29(30)24-39-2)26-34(47)41-32-11-10-27-21-28-9-6-14-40-35(28)42-33(46)23-31(27)22-32/h4-11,14,22,39H,3,12-13,15-21,23-26H2,1-2H3,(H,41,47)(H,40,42,46). The van der Waals surface area contributed by atoms with Gasteiger partial charge in [0.2, 0.25) is 17.7 Å². The van der Waals surface area contributed by atoms with Crippen molar-refractivity contribution in [2.75, 3.05) is 63.6 Å². The number of amides is 5. The Kier molecular flexibility index (Phi) is 11.1. The lowest BCUT2D eigenvalue weighted by molar-refractivity contribution is -0.147. The van der Waals surface area contributed by atoms with Crippen LogP contribution in [0.2, 0.25) is 0 Å². The number of piperidine rings is 1. The molecular weight excluding hydrogens is 634 g/mol. The van der Waals surface area contributed by atoms with Gasteiger partial charge in [0.1, 0.15) is 12.4 Å². The second-order valence-corrected chi connectivity index (χ2v) is 13.4. The van der Waals surface area contributed by atoms with E-state index in [1.54, 1.807) is 11.1 Å². The lowest BCUT2D eigenvalue weighted by atomic mass is 9.74. The van der Waals surface area contributed by atoms with Crippen molar-refractivity contribution in [3.63, 3.8) is 0 Å². The van der Waals surface area contributed by atoms with Crippen LogP contribution >= 0.6 is 0 Å². The smallest absolute Gasteiger partial charge is 0.320 e. The van der Waals surface area contributed by atoms with Crippen LogP contribution in [0.1, 0.15) is 54.0 Å². The first-order valence-corrected chi connectivity index (χ1v) is 17.6. The number of urea groups is 1. The van der Waals surface area contributed by atoms with Crippen molar-refractivity contribution in [2.45, 2.75) is 52.1 Å². The molecule has 0 unspecified atom stereocenters. The first kappa shape index (κ1) is 35.0. The highest BCUT2D eigenvalue weighted by molar-refractivity contribution is 5.96. The quantitative estimate of drug-likeness (QED) is 0.313. The van der Waals surface area contributed by atoms with Crippen LogP contribution in [0.5, 0.6) is 0 Å². The van der Waals surface area contributed by atoms with Gasteiger partial charge < -0.3 is 35.4 Å². The fourth-order valence-corrected chi connectivity index (χ4v) is 7.28. The Morgan fingerprint density at radius 2 is 1.66 bits per heavy atom. The fraction of sp³-hybridized carbons (Fsp3) is 0.447. The van der Waals surface area contributed by atoms with Gasteiger partial charge in [-0.05, 0) is 72.3 Å². The van der Waals surface area contributed by atoms with Crippen molar-refractivity contribution in [3.8, 4) is 0 Å². The summed E-state index contributed by atoms with van der Waals surface area (Å²) in [5, 5.41) is 9.10. The highest BCUT2D eigenvalue weighted by atomic mass is 16.5. The van der Waals surface area contributed by atoms with Crippen LogP contribution in [0.4, 0.5) is 16.3 Å². The molecule has 0 spiro atoms. The number of carbonyl (C=O) groups is 4. The van der Waals surface area contributed by atoms with Crippen molar-refractivity contribution < 1.29 is 23.9 Å². The Bertz CT molecular complexity index is 1720. The summed E-state index contributed by atoms with van der Waals surface area (Å²) in [6.45, 7) is 5.98. The number of anilines is 2. The average Bonchev–Trinajstić information content (AvgIpc) is 3.13. The van der Waals surface area contributed by atoms with Crippen molar-refractivity contribution in [1.29, 1.82) is 0 Å². The Labute approximate surface area is 293 Å². The predicted molar refractivity (Wildman–Crippen MR) is 190 cm³/mol. The van der Waals surface area contributed by atoms with Gasteiger partial charge in [0.25, 0.3) is 0 Å². The van der Waals surface area contributed by atoms with E-state index in [4.69, 9.17) is 4.74 Å². The summed E-state index contributed by atoms with van der Waals surface area (Å²) in [5.74, 6) is 0.00479. The first-order valence-electron chi connectivity index (χ1n) is 17.6. The number of likely N-dealkylation sites (tertiary alicyclic amines) is 1. The summed E-state index contributed by atoms with van der Waals surface area (Å²) in [6.07, 6.45) is 4.09. The van der Waals surface area contributed by atoms with Crippen LogP contribution in [-0.4, -0.2) is 96.4 Å². The molecule has 0 aliphatic carbocycles. The van der Waals surface area contributed by atoms with Crippen LogP contribution in [0.25, 0.3) is 0 Å². The minimum absolute atomic E-state index is 0.00240. The largest absolute Gasteiger partial charge is 0.378 e. The van der Waals surface area contributed by atoms with E-state index in [1.165, 1.54) is 0 Å². The molecule has 0 bridgehead atoms. The lowest BCUT2D eigenvalue weighted by Crippen LogP contribution is -2.55. The number of morpholine rings is 1. The molecule has 6 rings (SSSR count). The molecule has 3 N–H and O–H groups in total. The molecule has 2 saturated heterocycles. The van der Waals surface area contributed by atoms with E-state index < -0.39 is 5.41 Å². The number of pyridine rings is 1. The van der Waals surface area contributed by atoms with Crippen molar-refractivity contribution >= 4 is 35.3 Å². The molecule has 2 fully saturated rings. The molecule has 3 aliphatic heterocycles. The molecule has 1 aromatic heterocycles. The van der Waals surface area contributed by atoms with E-state index in [-0.39, 0.29) is 43.3 Å². The van der Waals surface area contributed by atoms with E-state index in [1.807, 2.05) is 78.4 Å². The molecule has 5 amide bonds. The van der Waals surface area contributed by atoms with Crippen molar-refractivity contribution in [1.82, 2.24) is 25.0 Å². The third-order valence-corrected chi connectivity index (χ3v) is 10.2. The molecule has 0 saturated carbocycles. The van der Waals surface area contributed by atoms with Gasteiger partial charge in [-0.1, -0.05) is 43.3 Å². The molecule has 2 aromatic carbocycles. The highest BCUT2D eigenvalue weighted by Crippen LogP contribution is 2.38. The molecule has 4 heterocycles. The Hall–Kier alpha value is -4.81. The molecule has 50 heavy (non-hydrogen) atoms. The number of benzene rings is 2. The number of hydrogen-bond donors (Lipinski definition) is 3. The fourth-order valence-electron chi connectivity index (χ4n) is 7.28. The number of nitrogens with one attached hydrogen (secondary N) is 3. The minimum atomic E-state index is -0.693. The third-order valence-electron chi connectivity index (χ3n) is 10.2. The maximum atomic E-state index is 14.6. The summed E-state index contributed by atoms with van der Waals surface area (Å²) < 4.78 is 5.42. The Morgan fingerprint density at radius 3 is 2.40 bits per heavy atom. The molecule has 0 atom stereocenters. The molecule has 0 radical (unpaired) electrons. The normalized spacial score (nSPS) is 17.0. The molecule has 3 aromatic rings. The Balaban J connectivity index is 1.20. The Morgan fingerprint density at radius 1 is 0.920 bits per heavy atom. The average molecular weight is 682 g/mol. The SMILES string of the molecule is CCC1(C(=O)N(CC(=O)Nc2ccc3c(c2)CC(=O)Nc2ncccc2C3)Cc2ccccc2CNC)CCN(C(=O)N2CCOCC2)CC1. The van der Waals surface area contributed by atoms with Crippen LogP contribution in [0, 0.1) is 5.41 Å². The number of ether oxygens (including phenoxy) is 1. The van der Waals surface area contributed by atoms with E-state index in [2.05, 4.69) is 20.9 Å². The minimum Gasteiger partial charge on any atom is -0.378 e. The van der Waals surface area contributed by atoms with Gasteiger partial charge in [0.15, 0.2) is 0 Å². The topological polar surface area (TPSA) is 136 Å². The van der Waals surface area contributed by atoms with Crippen molar-refractivity contribution in [2.24, 2.45) is 5.41 Å². The van der Waals surface area contributed by atoms with E-state index in [9.17, 15) is 19.2 Å². The van der Waals surface area contributed by atoms with Gasteiger partial charge in [-0.25, -0.2) is 9.78 Å². The summed E-state index contributed by atoms with van der Waals surface area (Å²) in [7, 11) is 1.88. The number of rotatable bonds is 9. The molecule has 12 nitrogen and oxygen atoms in total. The monoisotopic (exact) mass is 681 g/mol. The zero-order chi connectivity index (χ0) is 35.1. The lowest BCUT2D eigenvalue weighted by Gasteiger charge is -2.44. The number of hydrogen-bond acceptors (Lipinski definition) is 7. The van der Waals surface area contributed by atoms with Crippen molar-refractivity contribution in [3.05, 3.63) is 88.6 Å². The zero-order valence-corrected chi connectivity index (χ0v) is 29.0. The number of fused-ring (bicyclic) bond motifs is 2. The van der Waals surface area contributed by atoms with E-state index in [0.717, 1.165) is 27.8 Å². The first-order chi connectivity index (χ1) is 24.3. The van der Waals surface area contributed by atoms with Gasteiger partial charge in [-0.2, -0.15) is 0 Å². The maximum Gasteiger partial charge on any atom is 0.320 e. The molecular formula is C38H47N7O5. The summed E-state index contributed by atoms with van der Waals surface area (Å²) in [6, 6.07) is 17.4. The molecule has 264 valence electrons. The zero-order valence-electron chi connectivity index (χ0n) is 29.0. The van der Waals surface area contributed by atoms with Crippen LogP contribution in [0.15, 0.2) is 60.8 Å². The second kappa shape index (κ2) is 15.8. The molecule has 3 aliphatic rings. The van der Waals surface area contributed by atoms with Crippen LogP contribution in [-0.2, 0) is 45.1 Å². The van der Waals surface area contributed by atoms with E-state index in [0.29, 0.717) is 83.1 Å². The van der Waals surface area contributed by atoms with Gasteiger partial charge in [-0.3, -0.25) is 14.4 Å². The summed E-state index contributed by atoms with van der Waals surface area (Å²) >= 11 is 0. The maximum absolute atomic E-state index is 14.6. The number of aromatic nitrogens is 1. The summed E-state index contributed by atoms with van der Waals surface area (Å²) in [5.41, 5.74) is 4.64. The van der Waals surface area contributed by atoms with E-state index >= 15 is 0 Å². The highest BCUT2D eigenvalue weighted by Gasteiger charge is 2.44. The number of carbonyl (C=O) groups excluding carboxylic acids is 4. The van der Waals surface area contributed by atoms with Crippen LogP contribution < -0.4 is 16.0 Å². The second-order valence-electron chi connectivity index (χ2n) is 13.4. The molecule has 12 heteroatoms. The van der Waals surface area contributed by atoms with Crippen LogP contribution in [0.3, 0.4) is 0 Å².